The molecule has 0 radical (unpaired) electrons. The number of benzene rings is 2. The van der Waals surface area contributed by atoms with E-state index in [9.17, 15) is 18.0 Å². The third kappa shape index (κ3) is 5.18. The molecule has 148 valence electrons. The zero-order chi connectivity index (χ0) is 20.3. The van der Waals surface area contributed by atoms with Gasteiger partial charge in [-0.05, 0) is 71.0 Å². The van der Waals surface area contributed by atoms with E-state index in [1.807, 2.05) is 12.1 Å². The van der Waals surface area contributed by atoms with E-state index in [-0.39, 0.29) is 22.4 Å². The zero-order valence-corrected chi connectivity index (χ0v) is 16.9. The summed E-state index contributed by atoms with van der Waals surface area (Å²) in [4.78, 5) is 12.2. The maximum atomic E-state index is 12.3. The van der Waals surface area contributed by atoms with Gasteiger partial charge in [0.25, 0.3) is 0 Å². The summed E-state index contributed by atoms with van der Waals surface area (Å²) in [7, 11) is 0. The molecule has 0 spiro atoms. The molecular weight excluding hydrogens is 488 g/mol. The average Bonchev–Trinajstić information content (AvgIpc) is 2.78. The number of halogens is 4. The lowest BCUT2D eigenvalue weighted by molar-refractivity contribution is -0.274. The van der Waals surface area contributed by atoms with Crippen molar-refractivity contribution in [3.05, 3.63) is 53.6 Å². The molecule has 1 aliphatic heterocycles. The normalized spacial score (nSPS) is 16.3. The van der Waals surface area contributed by atoms with Crippen molar-refractivity contribution in [1.29, 1.82) is 0 Å². The summed E-state index contributed by atoms with van der Waals surface area (Å²) in [5.41, 5.74) is 2.69. The predicted octanol–water partition coefficient (Wildman–Crippen LogP) is 5.74. The highest BCUT2D eigenvalue weighted by Gasteiger charge is 2.31. The topological polar surface area (TPSA) is 44.8 Å². The first-order valence-corrected chi connectivity index (χ1v) is 9.68. The third-order valence-electron chi connectivity index (χ3n) is 3.93. The van der Waals surface area contributed by atoms with Crippen LogP contribution >= 0.6 is 22.6 Å². The maximum Gasteiger partial charge on any atom is 0.573 e. The Labute approximate surface area is 173 Å². The van der Waals surface area contributed by atoms with E-state index >= 15 is 0 Å². The second-order valence-electron chi connectivity index (χ2n) is 5.95. The Morgan fingerprint density at radius 1 is 1.18 bits per heavy atom. The van der Waals surface area contributed by atoms with Crippen molar-refractivity contribution in [2.75, 3.05) is 6.61 Å². The Kier molecular flexibility index (Phi) is 6.17. The van der Waals surface area contributed by atoms with E-state index in [4.69, 9.17) is 9.47 Å². The summed E-state index contributed by atoms with van der Waals surface area (Å²) in [6.45, 7) is 2.02. The van der Waals surface area contributed by atoms with Crippen LogP contribution in [0, 0.1) is 0 Å². The van der Waals surface area contributed by atoms with Crippen LogP contribution in [0.2, 0.25) is 0 Å². The van der Waals surface area contributed by atoms with Crippen LogP contribution in [0.1, 0.15) is 18.9 Å². The Morgan fingerprint density at radius 2 is 1.86 bits per heavy atom. The summed E-state index contributed by atoms with van der Waals surface area (Å²) in [6.07, 6.45) is -2.59. The smallest absolute Gasteiger partial charge is 0.479 e. The van der Waals surface area contributed by atoms with E-state index in [2.05, 4.69) is 27.3 Å². The second-order valence-corrected chi connectivity index (χ2v) is 7.34. The molecule has 0 saturated heterocycles. The van der Waals surface area contributed by atoms with Crippen molar-refractivity contribution >= 4 is 34.6 Å². The first-order valence-electron chi connectivity index (χ1n) is 8.44. The monoisotopic (exact) mass is 504 g/mol. The third-order valence-corrected chi connectivity index (χ3v) is 4.63. The lowest BCUT2D eigenvalue weighted by Crippen LogP contribution is -2.16. The number of hydrogen-bond acceptors (Lipinski definition) is 4. The van der Waals surface area contributed by atoms with E-state index in [1.165, 1.54) is 24.3 Å². The molecule has 8 heteroatoms. The van der Waals surface area contributed by atoms with E-state index in [0.717, 1.165) is 5.56 Å². The molecule has 0 aliphatic carbocycles. The summed E-state index contributed by atoms with van der Waals surface area (Å²) in [6, 6.07) is 11.0. The van der Waals surface area contributed by atoms with Crippen LogP contribution < -0.4 is 9.47 Å². The minimum atomic E-state index is -4.73. The second kappa shape index (κ2) is 8.42. The molecule has 2 aromatic rings. The molecule has 1 unspecified atom stereocenters. The first-order chi connectivity index (χ1) is 13.2. The van der Waals surface area contributed by atoms with E-state index < -0.39 is 6.36 Å². The molecule has 0 saturated carbocycles. The standard InChI is InChI=1S/C20H16F3IO4/c1-2-26-19(25)15-10-14-9-13(5-8-17(14)27-18(24)11-15)12-3-6-16(7-4-12)28-20(21,22)23/h3-10,18H,2,11H2,1H3. The number of ether oxygens (including phenoxy) is 3. The number of alkyl halides is 4. The van der Waals surface area contributed by atoms with E-state index in [0.29, 0.717) is 28.9 Å². The maximum absolute atomic E-state index is 12.3. The lowest BCUT2D eigenvalue weighted by atomic mass is 10.0. The van der Waals surface area contributed by atoms with Gasteiger partial charge in [-0.2, -0.15) is 0 Å². The van der Waals surface area contributed by atoms with Crippen molar-refractivity contribution in [2.24, 2.45) is 0 Å². The van der Waals surface area contributed by atoms with Crippen LogP contribution in [0.3, 0.4) is 0 Å². The van der Waals surface area contributed by atoms with Crippen molar-refractivity contribution in [3.63, 3.8) is 0 Å². The minimum Gasteiger partial charge on any atom is -0.479 e. The van der Waals surface area contributed by atoms with Gasteiger partial charge in [0, 0.05) is 17.6 Å². The Morgan fingerprint density at radius 3 is 2.50 bits per heavy atom. The number of carbonyl (C=O) groups excluding carboxylic acids is 1. The number of esters is 1. The van der Waals surface area contributed by atoms with Crippen molar-refractivity contribution in [3.8, 4) is 22.6 Å². The van der Waals surface area contributed by atoms with Crippen LogP contribution in [-0.2, 0) is 9.53 Å². The van der Waals surface area contributed by atoms with Crippen LogP contribution in [0.4, 0.5) is 13.2 Å². The Balaban J connectivity index is 1.92. The van der Waals surface area contributed by atoms with Gasteiger partial charge in [0.15, 0.2) is 4.11 Å². The molecule has 28 heavy (non-hydrogen) atoms. The van der Waals surface area contributed by atoms with Gasteiger partial charge in [0.05, 0.1) is 6.61 Å². The molecular formula is C20H16F3IO4. The Hall–Kier alpha value is -2.23. The van der Waals surface area contributed by atoms with Gasteiger partial charge in [-0.1, -0.05) is 18.2 Å². The molecule has 1 heterocycles. The molecule has 2 aromatic carbocycles. The first kappa shape index (κ1) is 20.5. The van der Waals surface area contributed by atoms with Crippen LogP contribution in [0.15, 0.2) is 48.0 Å². The molecule has 4 nitrogen and oxygen atoms in total. The average molecular weight is 504 g/mol. The van der Waals surface area contributed by atoms with Crippen molar-refractivity contribution < 1.29 is 32.2 Å². The van der Waals surface area contributed by atoms with Gasteiger partial charge in [0.2, 0.25) is 0 Å². The molecule has 1 atom stereocenters. The number of rotatable bonds is 4. The molecule has 0 fully saturated rings. The fraction of sp³-hybridized carbons (Fsp3) is 0.250. The summed E-state index contributed by atoms with van der Waals surface area (Å²) in [5, 5.41) is 0. The summed E-state index contributed by atoms with van der Waals surface area (Å²) in [5.74, 6) is -0.0502. The number of fused-ring (bicyclic) bond motifs is 1. The fourth-order valence-electron chi connectivity index (χ4n) is 2.76. The largest absolute Gasteiger partial charge is 0.573 e. The van der Waals surface area contributed by atoms with Gasteiger partial charge < -0.3 is 14.2 Å². The van der Waals surface area contributed by atoms with Gasteiger partial charge in [-0.3, -0.25) is 0 Å². The van der Waals surface area contributed by atoms with Crippen molar-refractivity contribution in [2.45, 2.75) is 23.8 Å². The number of carbonyl (C=O) groups is 1. The highest BCUT2D eigenvalue weighted by atomic mass is 127. The van der Waals surface area contributed by atoms with Crippen molar-refractivity contribution in [1.82, 2.24) is 0 Å². The van der Waals surface area contributed by atoms with Crippen LogP contribution in [-0.4, -0.2) is 23.0 Å². The quantitative estimate of drug-likeness (QED) is 0.303. The molecule has 0 aromatic heterocycles. The van der Waals surface area contributed by atoms with Gasteiger partial charge in [-0.15, -0.1) is 13.2 Å². The SMILES string of the molecule is CCOC(=O)C1=Cc2cc(-c3ccc(OC(F)(F)F)cc3)ccc2OC(I)C1. The molecule has 3 rings (SSSR count). The highest BCUT2D eigenvalue weighted by molar-refractivity contribution is 14.1. The Bertz CT molecular complexity index is 891. The van der Waals surface area contributed by atoms with Crippen LogP contribution in [0.5, 0.6) is 11.5 Å². The molecule has 0 amide bonds. The van der Waals surface area contributed by atoms with Crippen LogP contribution in [0.25, 0.3) is 17.2 Å². The van der Waals surface area contributed by atoms with Gasteiger partial charge in [-0.25, -0.2) is 4.79 Å². The molecule has 0 N–H and O–H groups in total. The highest BCUT2D eigenvalue weighted by Crippen LogP contribution is 2.35. The summed E-state index contributed by atoms with van der Waals surface area (Å²) >= 11 is 2.11. The van der Waals surface area contributed by atoms with E-state index in [1.54, 1.807) is 19.1 Å². The molecule has 0 bridgehead atoms. The number of hydrogen-bond donors (Lipinski definition) is 0. The van der Waals surface area contributed by atoms with Gasteiger partial charge >= 0.3 is 12.3 Å². The lowest BCUT2D eigenvalue weighted by Gasteiger charge is -2.13. The summed E-state index contributed by atoms with van der Waals surface area (Å²) < 4.78 is 51.5. The predicted molar refractivity (Wildman–Crippen MR) is 106 cm³/mol. The zero-order valence-electron chi connectivity index (χ0n) is 14.8. The fourth-order valence-corrected chi connectivity index (χ4v) is 3.51. The molecule has 1 aliphatic rings. The van der Waals surface area contributed by atoms with Gasteiger partial charge in [0.1, 0.15) is 11.5 Å². The minimum absolute atomic E-state index is 0.223.